The number of carboxylic acids is 1. The summed E-state index contributed by atoms with van der Waals surface area (Å²) in [4.78, 5) is 23.1. The molecule has 0 heterocycles. The van der Waals surface area contributed by atoms with Gasteiger partial charge < -0.3 is 40.5 Å². The molecular weight excluding hydrogens is 328 g/mol. The van der Waals surface area contributed by atoms with E-state index in [0.717, 1.165) is 12.1 Å². The third-order valence-corrected chi connectivity index (χ3v) is 3.82. The Labute approximate surface area is 134 Å². The van der Waals surface area contributed by atoms with Gasteiger partial charge in [-0.1, -0.05) is 0 Å². The lowest BCUT2D eigenvalue weighted by Gasteiger charge is -2.39. The number of aliphatic hydroxyl groups is 3. The molecule has 1 aliphatic rings. The number of carboxylic acid groups (broad SMARTS) is 1. The molecule has 0 aromatic heterocycles. The van der Waals surface area contributed by atoms with Crippen molar-refractivity contribution in [3.05, 3.63) is 17.7 Å². The first-order valence-electron chi connectivity index (χ1n) is 6.83. The number of hydrogen-bond acceptors (Lipinski definition) is 9. The number of esters is 1. The summed E-state index contributed by atoms with van der Waals surface area (Å²) in [5.74, 6) is -5.26. The molecular formula is C14H16O10. The Bertz CT molecular complexity index is 649. The van der Waals surface area contributed by atoms with Gasteiger partial charge in [0.15, 0.2) is 22.8 Å². The molecule has 1 fully saturated rings. The Kier molecular flexibility index (Phi) is 4.56. The van der Waals surface area contributed by atoms with Gasteiger partial charge in [0.05, 0.1) is 11.7 Å². The number of ether oxygens (including phenoxy) is 1. The van der Waals surface area contributed by atoms with Gasteiger partial charge in [0.25, 0.3) is 0 Å². The number of benzene rings is 1. The zero-order valence-electron chi connectivity index (χ0n) is 12.2. The molecule has 10 nitrogen and oxygen atoms in total. The summed E-state index contributed by atoms with van der Waals surface area (Å²) in [7, 11) is 0. The van der Waals surface area contributed by atoms with E-state index in [0.29, 0.717) is 0 Å². The van der Waals surface area contributed by atoms with E-state index in [1.807, 2.05) is 0 Å². The minimum absolute atomic E-state index is 0.395. The second-order valence-corrected chi connectivity index (χ2v) is 5.61. The lowest BCUT2D eigenvalue weighted by atomic mass is 9.79. The standard InChI is InChI=1S/C14H16O10/c15-6-1-5(2-7(16)10(6)18)12(20)24-9-4-14(23,13(21)22)3-8(17)11(9)19/h1-2,8-9,11,15-19,23H,3-4H2,(H,21,22). The van der Waals surface area contributed by atoms with Gasteiger partial charge in [-0.2, -0.15) is 0 Å². The maximum Gasteiger partial charge on any atom is 0.338 e. The van der Waals surface area contributed by atoms with E-state index in [4.69, 9.17) is 9.84 Å². The average Bonchev–Trinajstić information content (AvgIpc) is 2.49. The largest absolute Gasteiger partial charge is 0.504 e. The number of phenolic OH excluding ortho intramolecular Hbond substituents is 3. The molecule has 1 aliphatic carbocycles. The number of hydrogen-bond donors (Lipinski definition) is 7. The third kappa shape index (κ3) is 3.20. The summed E-state index contributed by atoms with van der Waals surface area (Å²) in [5, 5.41) is 66.4. The van der Waals surface area contributed by atoms with Crippen LogP contribution in [0.4, 0.5) is 0 Å². The monoisotopic (exact) mass is 344 g/mol. The molecule has 0 saturated heterocycles. The molecule has 0 bridgehead atoms. The first-order valence-corrected chi connectivity index (χ1v) is 6.83. The van der Waals surface area contributed by atoms with Crippen LogP contribution in [-0.2, 0) is 9.53 Å². The highest BCUT2D eigenvalue weighted by Gasteiger charge is 2.50. The molecule has 24 heavy (non-hydrogen) atoms. The Morgan fingerprint density at radius 2 is 1.62 bits per heavy atom. The lowest BCUT2D eigenvalue weighted by molar-refractivity contribution is -0.187. The van der Waals surface area contributed by atoms with Crippen molar-refractivity contribution in [2.75, 3.05) is 0 Å². The molecule has 132 valence electrons. The van der Waals surface area contributed by atoms with Crippen molar-refractivity contribution >= 4 is 11.9 Å². The van der Waals surface area contributed by atoms with Crippen LogP contribution >= 0.6 is 0 Å². The first-order chi connectivity index (χ1) is 11.0. The Morgan fingerprint density at radius 1 is 1.08 bits per heavy atom. The molecule has 0 radical (unpaired) electrons. The van der Waals surface area contributed by atoms with Crippen molar-refractivity contribution in [1.82, 2.24) is 0 Å². The lowest BCUT2D eigenvalue weighted by Crippen LogP contribution is -2.57. The molecule has 1 saturated carbocycles. The highest BCUT2D eigenvalue weighted by Crippen LogP contribution is 2.36. The highest BCUT2D eigenvalue weighted by molar-refractivity contribution is 5.91. The molecule has 0 aliphatic heterocycles. The van der Waals surface area contributed by atoms with Crippen LogP contribution in [0.25, 0.3) is 0 Å². The highest BCUT2D eigenvalue weighted by atomic mass is 16.6. The van der Waals surface area contributed by atoms with E-state index < -0.39 is 71.5 Å². The van der Waals surface area contributed by atoms with Gasteiger partial charge in [0.2, 0.25) is 0 Å². The maximum absolute atomic E-state index is 12.0. The van der Waals surface area contributed by atoms with Crippen molar-refractivity contribution in [3.8, 4) is 17.2 Å². The Morgan fingerprint density at radius 3 is 2.12 bits per heavy atom. The van der Waals surface area contributed by atoms with Crippen molar-refractivity contribution < 1.29 is 50.1 Å². The second-order valence-electron chi connectivity index (χ2n) is 5.61. The van der Waals surface area contributed by atoms with Crippen LogP contribution < -0.4 is 0 Å². The van der Waals surface area contributed by atoms with E-state index in [2.05, 4.69) is 0 Å². The first kappa shape index (κ1) is 17.8. The summed E-state index contributed by atoms with van der Waals surface area (Å²) in [5.41, 5.74) is -2.78. The molecule has 4 unspecified atom stereocenters. The van der Waals surface area contributed by atoms with Crippen LogP contribution in [-0.4, -0.2) is 71.6 Å². The van der Waals surface area contributed by atoms with Gasteiger partial charge in [-0.15, -0.1) is 0 Å². The van der Waals surface area contributed by atoms with Crippen LogP contribution in [0.5, 0.6) is 17.2 Å². The van der Waals surface area contributed by atoms with E-state index in [1.54, 1.807) is 0 Å². The van der Waals surface area contributed by atoms with Gasteiger partial charge in [0.1, 0.15) is 12.2 Å². The van der Waals surface area contributed by atoms with Gasteiger partial charge in [0, 0.05) is 12.8 Å². The predicted molar refractivity (Wildman–Crippen MR) is 74.5 cm³/mol. The Balaban J connectivity index is 2.22. The van der Waals surface area contributed by atoms with Crippen LogP contribution in [0, 0.1) is 0 Å². The number of carbonyl (C=O) groups is 2. The number of carbonyl (C=O) groups excluding carboxylic acids is 1. The summed E-state index contributed by atoms with van der Waals surface area (Å²) in [6, 6.07) is 1.57. The summed E-state index contributed by atoms with van der Waals surface area (Å²) < 4.78 is 4.88. The zero-order chi connectivity index (χ0) is 18.2. The number of phenols is 3. The molecule has 1 aromatic carbocycles. The number of aliphatic carboxylic acids is 1. The number of rotatable bonds is 3. The average molecular weight is 344 g/mol. The van der Waals surface area contributed by atoms with Crippen molar-refractivity contribution in [3.63, 3.8) is 0 Å². The van der Waals surface area contributed by atoms with E-state index in [1.165, 1.54) is 0 Å². The fourth-order valence-corrected chi connectivity index (χ4v) is 2.46. The molecule has 7 N–H and O–H groups in total. The van der Waals surface area contributed by atoms with Gasteiger partial charge in [-0.05, 0) is 12.1 Å². The topological polar surface area (TPSA) is 185 Å². The smallest absolute Gasteiger partial charge is 0.338 e. The SMILES string of the molecule is O=C(OC1CC(O)(C(=O)O)CC(O)C1O)c1cc(O)c(O)c(O)c1. The van der Waals surface area contributed by atoms with Crippen LogP contribution in [0.15, 0.2) is 12.1 Å². The Hall–Kier alpha value is -2.56. The minimum Gasteiger partial charge on any atom is -0.504 e. The number of aliphatic hydroxyl groups excluding tert-OH is 2. The predicted octanol–water partition coefficient (Wildman–Crippen LogP) is -1.34. The second kappa shape index (κ2) is 6.15. The molecule has 4 atom stereocenters. The van der Waals surface area contributed by atoms with E-state index in [9.17, 15) is 40.2 Å². The van der Waals surface area contributed by atoms with Crippen LogP contribution in [0.1, 0.15) is 23.2 Å². The fraction of sp³-hybridized carbons (Fsp3) is 0.429. The summed E-state index contributed by atoms with van der Waals surface area (Å²) >= 11 is 0. The molecule has 0 spiro atoms. The molecule has 0 amide bonds. The van der Waals surface area contributed by atoms with Gasteiger partial charge in [-0.25, -0.2) is 9.59 Å². The van der Waals surface area contributed by atoms with Crippen molar-refractivity contribution in [2.45, 2.75) is 36.8 Å². The van der Waals surface area contributed by atoms with E-state index >= 15 is 0 Å². The van der Waals surface area contributed by atoms with Gasteiger partial charge >= 0.3 is 11.9 Å². The number of aromatic hydroxyl groups is 3. The minimum atomic E-state index is -2.39. The summed E-state index contributed by atoms with van der Waals surface area (Å²) in [6.07, 6.45) is -6.12. The maximum atomic E-state index is 12.0. The van der Waals surface area contributed by atoms with Crippen LogP contribution in [0.3, 0.4) is 0 Å². The van der Waals surface area contributed by atoms with Crippen molar-refractivity contribution in [1.29, 1.82) is 0 Å². The normalized spacial score (nSPS) is 29.9. The summed E-state index contributed by atoms with van der Waals surface area (Å²) in [6.45, 7) is 0. The van der Waals surface area contributed by atoms with Crippen molar-refractivity contribution in [2.24, 2.45) is 0 Å². The zero-order valence-corrected chi connectivity index (χ0v) is 12.2. The third-order valence-electron chi connectivity index (χ3n) is 3.82. The molecule has 10 heteroatoms. The fourth-order valence-electron chi connectivity index (χ4n) is 2.46. The molecule has 1 aromatic rings. The van der Waals surface area contributed by atoms with E-state index in [-0.39, 0.29) is 0 Å². The van der Waals surface area contributed by atoms with Gasteiger partial charge in [-0.3, -0.25) is 0 Å². The quantitative estimate of drug-likeness (QED) is 0.256. The van der Waals surface area contributed by atoms with Crippen LogP contribution in [0.2, 0.25) is 0 Å². The molecule has 2 rings (SSSR count).